The molecule has 0 bridgehead atoms. The Balaban J connectivity index is 1.79. The van der Waals surface area contributed by atoms with Gasteiger partial charge in [0, 0.05) is 6.42 Å². The van der Waals surface area contributed by atoms with E-state index in [4.69, 9.17) is 4.74 Å². The monoisotopic (exact) mass is 247 g/mol. The number of rotatable bonds is 6. The predicted octanol–water partition coefficient (Wildman–Crippen LogP) is 2.34. The smallest absolute Gasteiger partial charge is 0.153 e. The molecule has 1 aliphatic heterocycles. The molecule has 1 aliphatic rings. The molecule has 0 aliphatic carbocycles. The zero-order valence-electron chi connectivity index (χ0n) is 10.9. The molecule has 1 saturated heterocycles. The molecular weight excluding hydrogens is 226 g/mol. The summed E-state index contributed by atoms with van der Waals surface area (Å²) < 4.78 is 5.71. The van der Waals surface area contributed by atoms with Gasteiger partial charge in [0.05, 0.1) is 12.6 Å². The van der Waals surface area contributed by atoms with Crippen molar-refractivity contribution in [2.45, 2.75) is 38.6 Å². The predicted molar refractivity (Wildman–Crippen MR) is 72.0 cm³/mol. The summed E-state index contributed by atoms with van der Waals surface area (Å²) >= 11 is 0. The first kappa shape index (κ1) is 13.1. The van der Waals surface area contributed by atoms with Crippen LogP contribution in [0, 0.1) is 0 Å². The van der Waals surface area contributed by atoms with Crippen molar-refractivity contribution in [3.8, 4) is 5.75 Å². The minimum absolute atomic E-state index is 0.0648. The number of hydrogen-bond acceptors (Lipinski definition) is 3. The highest BCUT2D eigenvalue weighted by Gasteiger charge is 2.21. The van der Waals surface area contributed by atoms with Crippen LogP contribution in [-0.4, -0.2) is 25.0 Å². The molecule has 2 rings (SSSR count). The van der Waals surface area contributed by atoms with Crippen molar-refractivity contribution in [3.05, 3.63) is 29.8 Å². The van der Waals surface area contributed by atoms with E-state index in [0.29, 0.717) is 13.0 Å². The molecule has 3 heteroatoms. The van der Waals surface area contributed by atoms with E-state index < -0.39 is 0 Å². The SMILES string of the molecule is CCc1ccccc1OCCC(=O)C1CCCN1. The van der Waals surface area contributed by atoms with Crippen LogP contribution in [-0.2, 0) is 11.2 Å². The van der Waals surface area contributed by atoms with E-state index >= 15 is 0 Å². The zero-order valence-corrected chi connectivity index (χ0v) is 10.9. The van der Waals surface area contributed by atoms with E-state index in [9.17, 15) is 4.79 Å². The average molecular weight is 247 g/mol. The Labute approximate surface area is 109 Å². The van der Waals surface area contributed by atoms with E-state index in [2.05, 4.69) is 18.3 Å². The van der Waals surface area contributed by atoms with Gasteiger partial charge >= 0.3 is 0 Å². The number of ketones is 1. The van der Waals surface area contributed by atoms with E-state index in [-0.39, 0.29) is 11.8 Å². The van der Waals surface area contributed by atoms with Gasteiger partial charge in [-0.2, -0.15) is 0 Å². The molecule has 0 amide bonds. The number of para-hydroxylation sites is 1. The third-order valence-corrected chi connectivity index (χ3v) is 3.41. The summed E-state index contributed by atoms with van der Waals surface area (Å²) in [6.07, 6.45) is 3.53. The summed E-state index contributed by atoms with van der Waals surface area (Å²) in [5.74, 6) is 1.19. The second kappa shape index (κ2) is 6.55. The van der Waals surface area contributed by atoms with Crippen molar-refractivity contribution >= 4 is 5.78 Å². The number of hydrogen-bond donors (Lipinski definition) is 1. The third-order valence-electron chi connectivity index (χ3n) is 3.41. The summed E-state index contributed by atoms with van der Waals surface area (Å²) in [6.45, 7) is 3.56. The molecule has 1 aromatic rings. The lowest BCUT2D eigenvalue weighted by Gasteiger charge is -2.12. The number of carbonyl (C=O) groups excluding carboxylic acids is 1. The number of ether oxygens (including phenoxy) is 1. The summed E-state index contributed by atoms with van der Waals surface area (Å²) in [5, 5.41) is 3.22. The standard InChI is InChI=1S/C15H21NO2/c1-2-12-6-3-4-8-15(12)18-11-9-14(17)13-7-5-10-16-13/h3-4,6,8,13,16H,2,5,7,9-11H2,1H3. The van der Waals surface area contributed by atoms with E-state index in [1.165, 1.54) is 5.56 Å². The Bertz CT molecular complexity index is 397. The fourth-order valence-electron chi connectivity index (χ4n) is 2.33. The van der Waals surface area contributed by atoms with Crippen LogP contribution in [0.15, 0.2) is 24.3 Å². The molecular formula is C15H21NO2. The van der Waals surface area contributed by atoms with Crippen LogP contribution < -0.4 is 10.1 Å². The van der Waals surface area contributed by atoms with Crippen LogP contribution in [0.25, 0.3) is 0 Å². The molecule has 1 heterocycles. The van der Waals surface area contributed by atoms with Crippen molar-refractivity contribution in [2.75, 3.05) is 13.2 Å². The Kier molecular flexibility index (Phi) is 4.76. The average Bonchev–Trinajstić information content (AvgIpc) is 2.93. The van der Waals surface area contributed by atoms with Gasteiger partial charge in [0.15, 0.2) is 5.78 Å². The highest BCUT2D eigenvalue weighted by molar-refractivity contribution is 5.84. The van der Waals surface area contributed by atoms with Crippen LogP contribution in [0.4, 0.5) is 0 Å². The molecule has 1 fully saturated rings. The van der Waals surface area contributed by atoms with Crippen molar-refractivity contribution in [3.63, 3.8) is 0 Å². The van der Waals surface area contributed by atoms with Gasteiger partial charge < -0.3 is 10.1 Å². The fraction of sp³-hybridized carbons (Fsp3) is 0.533. The van der Waals surface area contributed by atoms with E-state index in [1.54, 1.807) is 0 Å². The van der Waals surface area contributed by atoms with Crippen molar-refractivity contribution in [1.82, 2.24) is 5.32 Å². The van der Waals surface area contributed by atoms with E-state index in [1.807, 2.05) is 18.2 Å². The number of nitrogens with one attached hydrogen (secondary N) is 1. The van der Waals surface area contributed by atoms with Crippen LogP contribution in [0.1, 0.15) is 31.7 Å². The van der Waals surface area contributed by atoms with Gasteiger partial charge in [-0.1, -0.05) is 25.1 Å². The quantitative estimate of drug-likeness (QED) is 0.838. The Morgan fingerprint density at radius 2 is 2.28 bits per heavy atom. The summed E-state index contributed by atoms with van der Waals surface area (Å²) in [5.41, 5.74) is 1.20. The minimum atomic E-state index is 0.0648. The maximum Gasteiger partial charge on any atom is 0.153 e. The molecule has 1 unspecified atom stereocenters. The van der Waals surface area contributed by atoms with Crippen molar-refractivity contribution in [1.29, 1.82) is 0 Å². The van der Waals surface area contributed by atoms with Gasteiger partial charge in [0.1, 0.15) is 5.75 Å². The Morgan fingerprint density at radius 1 is 1.44 bits per heavy atom. The van der Waals surface area contributed by atoms with Gasteiger partial charge in [-0.15, -0.1) is 0 Å². The first-order chi connectivity index (χ1) is 8.81. The highest BCUT2D eigenvalue weighted by Crippen LogP contribution is 2.18. The maximum atomic E-state index is 11.8. The molecule has 1 aromatic carbocycles. The van der Waals surface area contributed by atoms with Gasteiger partial charge in [-0.25, -0.2) is 0 Å². The third kappa shape index (κ3) is 3.33. The number of Topliss-reactive ketones (excluding diaryl/α,β-unsaturated/α-hetero) is 1. The molecule has 98 valence electrons. The molecule has 0 saturated carbocycles. The molecule has 1 atom stereocenters. The van der Waals surface area contributed by atoms with Gasteiger partial charge in [-0.05, 0) is 37.4 Å². The number of benzene rings is 1. The zero-order chi connectivity index (χ0) is 12.8. The van der Waals surface area contributed by atoms with Gasteiger partial charge in [0.2, 0.25) is 0 Å². The van der Waals surface area contributed by atoms with Crippen LogP contribution in [0.5, 0.6) is 5.75 Å². The minimum Gasteiger partial charge on any atom is -0.493 e. The molecule has 0 radical (unpaired) electrons. The highest BCUT2D eigenvalue weighted by atomic mass is 16.5. The topological polar surface area (TPSA) is 38.3 Å². The van der Waals surface area contributed by atoms with Crippen LogP contribution in [0.3, 0.4) is 0 Å². The van der Waals surface area contributed by atoms with Crippen LogP contribution >= 0.6 is 0 Å². The maximum absolute atomic E-state index is 11.8. The molecule has 3 nitrogen and oxygen atoms in total. The second-order valence-electron chi connectivity index (χ2n) is 4.67. The summed E-state index contributed by atoms with van der Waals surface area (Å²) in [6, 6.07) is 8.08. The van der Waals surface area contributed by atoms with Crippen molar-refractivity contribution < 1.29 is 9.53 Å². The molecule has 0 aromatic heterocycles. The number of carbonyl (C=O) groups is 1. The lowest BCUT2D eigenvalue weighted by molar-refractivity contribution is -0.121. The largest absolute Gasteiger partial charge is 0.493 e. The first-order valence-corrected chi connectivity index (χ1v) is 6.78. The van der Waals surface area contributed by atoms with Gasteiger partial charge in [0.25, 0.3) is 0 Å². The summed E-state index contributed by atoms with van der Waals surface area (Å²) in [7, 11) is 0. The van der Waals surface area contributed by atoms with E-state index in [0.717, 1.165) is 31.6 Å². The van der Waals surface area contributed by atoms with Crippen molar-refractivity contribution in [2.24, 2.45) is 0 Å². The molecule has 0 spiro atoms. The Hall–Kier alpha value is -1.35. The number of aryl methyl sites for hydroxylation is 1. The van der Waals surface area contributed by atoms with Crippen LogP contribution in [0.2, 0.25) is 0 Å². The van der Waals surface area contributed by atoms with Gasteiger partial charge in [-0.3, -0.25) is 4.79 Å². The normalized spacial score (nSPS) is 18.8. The first-order valence-electron chi connectivity index (χ1n) is 6.78. The Morgan fingerprint density at radius 3 is 3.00 bits per heavy atom. The second-order valence-corrected chi connectivity index (χ2v) is 4.67. The summed E-state index contributed by atoms with van der Waals surface area (Å²) in [4.78, 5) is 11.8. The lowest BCUT2D eigenvalue weighted by Crippen LogP contribution is -2.31. The fourth-order valence-corrected chi connectivity index (χ4v) is 2.33. The molecule has 18 heavy (non-hydrogen) atoms. The lowest BCUT2D eigenvalue weighted by atomic mass is 10.1. The molecule has 1 N–H and O–H groups in total.